The molecule has 0 spiro atoms. The third kappa shape index (κ3) is 4.86. The molecule has 1 rings (SSSR count). The van der Waals surface area contributed by atoms with E-state index in [0.29, 0.717) is 5.75 Å². The Kier molecular flexibility index (Phi) is 6.35. The predicted molar refractivity (Wildman–Crippen MR) is 81.5 cm³/mol. The number of carbonyl (C=O) groups excluding carboxylic acids is 1. The van der Waals surface area contributed by atoms with Crippen LogP contribution in [0.4, 0.5) is 0 Å². The van der Waals surface area contributed by atoms with Gasteiger partial charge in [0.25, 0.3) is 5.91 Å². The van der Waals surface area contributed by atoms with Crippen LogP contribution < -0.4 is 10.1 Å². The Morgan fingerprint density at radius 1 is 1.37 bits per heavy atom. The topological polar surface area (TPSA) is 38.3 Å². The van der Waals surface area contributed by atoms with E-state index in [1.807, 2.05) is 25.1 Å². The molecule has 1 atom stereocenters. The highest BCUT2D eigenvalue weighted by Crippen LogP contribution is 2.26. The number of benzene rings is 1. The van der Waals surface area contributed by atoms with E-state index in [4.69, 9.17) is 4.74 Å². The van der Waals surface area contributed by atoms with Crippen LogP contribution >= 0.6 is 15.9 Å². The fraction of sp³-hybridized carbons (Fsp3) is 0.533. The second-order valence-electron chi connectivity index (χ2n) is 4.72. The number of ether oxygens (including phenoxy) is 1. The molecule has 0 fully saturated rings. The van der Waals surface area contributed by atoms with Crippen molar-refractivity contribution in [2.75, 3.05) is 0 Å². The zero-order chi connectivity index (χ0) is 14.4. The molecule has 1 aromatic rings. The smallest absolute Gasteiger partial charge is 0.260 e. The second kappa shape index (κ2) is 7.53. The molecule has 0 aromatic heterocycles. The van der Waals surface area contributed by atoms with Crippen molar-refractivity contribution in [2.24, 2.45) is 0 Å². The molecule has 1 amide bonds. The first-order valence-electron chi connectivity index (χ1n) is 6.71. The largest absolute Gasteiger partial charge is 0.480 e. The Morgan fingerprint density at radius 2 is 2.00 bits per heavy atom. The van der Waals surface area contributed by atoms with E-state index in [0.717, 1.165) is 22.9 Å². The maximum Gasteiger partial charge on any atom is 0.260 e. The van der Waals surface area contributed by atoms with Gasteiger partial charge in [0.15, 0.2) is 6.10 Å². The summed E-state index contributed by atoms with van der Waals surface area (Å²) in [5.74, 6) is 0.624. The lowest BCUT2D eigenvalue weighted by Crippen LogP contribution is -2.42. The second-order valence-corrected chi connectivity index (χ2v) is 5.57. The molecule has 106 valence electrons. The summed E-state index contributed by atoms with van der Waals surface area (Å²) in [5.41, 5.74) is 1.15. The predicted octanol–water partition coefficient (Wildman–Crippen LogP) is 3.83. The molecule has 0 radical (unpaired) electrons. The first-order chi connectivity index (χ1) is 8.97. The van der Waals surface area contributed by atoms with Crippen molar-refractivity contribution in [1.82, 2.24) is 5.32 Å². The summed E-state index contributed by atoms with van der Waals surface area (Å²) >= 11 is 3.45. The summed E-state index contributed by atoms with van der Waals surface area (Å²) in [6, 6.07) is 6.03. The van der Waals surface area contributed by atoms with Gasteiger partial charge in [-0.05, 0) is 60.3 Å². The van der Waals surface area contributed by atoms with E-state index in [2.05, 4.69) is 35.1 Å². The first kappa shape index (κ1) is 16.0. The molecule has 0 aliphatic heterocycles. The van der Waals surface area contributed by atoms with E-state index < -0.39 is 6.10 Å². The zero-order valence-corrected chi connectivity index (χ0v) is 13.6. The van der Waals surface area contributed by atoms with Crippen LogP contribution in [0.15, 0.2) is 22.7 Å². The summed E-state index contributed by atoms with van der Waals surface area (Å²) in [6.07, 6.45) is 1.37. The molecule has 4 heteroatoms. The molecule has 0 aliphatic carbocycles. The number of carbonyl (C=O) groups is 1. The van der Waals surface area contributed by atoms with Gasteiger partial charge in [-0.1, -0.05) is 19.9 Å². The Labute approximate surface area is 123 Å². The molecular weight excluding hydrogens is 306 g/mol. The van der Waals surface area contributed by atoms with Crippen LogP contribution in [0, 0.1) is 6.92 Å². The minimum absolute atomic E-state index is 0.0684. The molecule has 0 aliphatic rings. The SMILES string of the molecule is CCC(CC)NC(=O)C(C)Oc1ccc(C)cc1Br. The molecule has 0 saturated carbocycles. The third-order valence-electron chi connectivity index (χ3n) is 3.09. The van der Waals surface area contributed by atoms with Gasteiger partial charge in [0, 0.05) is 6.04 Å². The van der Waals surface area contributed by atoms with Crippen LogP contribution in [0.1, 0.15) is 39.2 Å². The molecule has 0 heterocycles. The third-order valence-corrected chi connectivity index (χ3v) is 3.71. The first-order valence-corrected chi connectivity index (χ1v) is 7.50. The van der Waals surface area contributed by atoms with Gasteiger partial charge in [-0.15, -0.1) is 0 Å². The fourth-order valence-electron chi connectivity index (χ4n) is 1.76. The molecule has 1 unspecified atom stereocenters. The maximum atomic E-state index is 12.0. The number of hydrogen-bond acceptors (Lipinski definition) is 2. The Bertz CT molecular complexity index is 430. The van der Waals surface area contributed by atoms with Crippen molar-refractivity contribution >= 4 is 21.8 Å². The highest BCUT2D eigenvalue weighted by molar-refractivity contribution is 9.10. The molecule has 3 nitrogen and oxygen atoms in total. The monoisotopic (exact) mass is 327 g/mol. The van der Waals surface area contributed by atoms with Crippen molar-refractivity contribution in [3.8, 4) is 5.75 Å². The fourth-order valence-corrected chi connectivity index (χ4v) is 2.34. The Morgan fingerprint density at radius 3 is 2.53 bits per heavy atom. The average Bonchev–Trinajstić information content (AvgIpc) is 2.38. The molecular formula is C15H22BrNO2. The van der Waals surface area contributed by atoms with Crippen molar-refractivity contribution < 1.29 is 9.53 Å². The average molecular weight is 328 g/mol. The van der Waals surface area contributed by atoms with Gasteiger partial charge in [0.05, 0.1) is 4.47 Å². The molecule has 19 heavy (non-hydrogen) atoms. The molecule has 1 N–H and O–H groups in total. The number of amides is 1. The number of hydrogen-bond donors (Lipinski definition) is 1. The van der Waals surface area contributed by atoms with Crippen molar-refractivity contribution in [1.29, 1.82) is 0 Å². The highest BCUT2D eigenvalue weighted by Gasteiger charge is 2.18. The molecule has 0 bridgehead atoms. The van der Waals surface area contributed by atoms with Gasteiger partial charge in [0.1, 0.15) is 5.75 Å². The normalized spacial score (nSPS) is 12.3. The van der Waals surface area contributed by atoms with E-state index in [1.54, 1.807) is 6.92 Å². The molecule has 0 saturated heterocycles. The van der Waals surface area contributed by atoms with Crippen LogP contribution in [-0.2, 0) is 4.79 Å². The van der Waals surface area contributed by atoms with Gasteiger partial charge in [-0.25, -0.2) is 0 Å². The lowest BCUT2D eigenvalue weighted by molar-refractivity contribution is -0.128. The highest BCUT2D eigenvalue weighted by atomic mass is 79.9. The van der Waals surface area contributed by atoms with Crippen LogP contribution in [0.5, 0.6) is 5.75 Å². The Hall–Kier alpha value is -1.03. The standard InChI is InChI=1S/C15H22BrNO2/c1-5-12(6-2)17-15(18)11(4)19-14-8-7-10(3)9-13(14)16/h7-9,11-12H,5-6H2,1-4H3,(H,17,18). The van der Waals surface area contributed by atoms with Gasteiger partial charge in [-0.2, -0.15) is 0 Å². The molecule has 1 aromatic carbocycles. The van der Waals surface area contributed by atoms with Gasteiger partial charge < -0.3 is 10.1 Å². The van der Waals surface area contributed by atoms with Crippen LogP contribution in [0.2, 0.25) is 0 Å². The zero-order valence-electron chi connectivity index (χ0n) is 12.0. The lowest BCUT2D eigenvalue weighted by Gasteiger charge is -2.20. The summed E-state index contributed by atoms with van der Waals surface area (Å²) in [7, 11) is 0. The van der Waals surface area contributed by atoms with Gasteiger partial charge in [-0.3, -0.25) is 4.79 Å². The van der Waals surface area contributed by atoms with E-state index in [1.165, 1.54) is 0 Å². The lowest BCUT2D eigenvalue weighted by atomic mass is 10.1. The summed E-state index contributed by atoms with van der Waals surface area (Å²) in [4.78, 5) is 12.0. The van der Waals surface area contributed by atoms with Crippen molar-refractivity contribution in [3.05, 3.63) is 28.2 Å². The summed E-state index contributed by atoms with van der Waals surface area (Å²) in [6.45, 7) is 7.91. The van der Waals surface area contributed by atoms with Crippen molar-refractivity contribution in [2.45, 2.75) is 52.7 Å². The number of halogens is 1. The minimum Gasteiger partial charge on any atom is -0.480 e. The number of nitrogens with one attached hydrogen (secondary N) is 1. The maximum absolute atomic E-state index is 12.0. The Balaban J connectivity index is 2.63. The van der Waals surface area contributed by atoms with Gasteiger partial charge >= 0.3 is 0 Å². The van der Waals surface area contributed by atoms with Gasteiger partial charge in [0.2, 0.25) is 0 Å². The summed E-state index contributed by atoms with van der Waals surface area (Å²) < 4.78 is 6.56. The summed E-state index contributed by atoms with van der Waals surface area (Å²) in [5, 5.41) is 2.99. The van der Waals surface area contributed by atoms with E-state index >= 15 is 0 Å². The van der Waals surface area contributed by atoms with Crippen LogP contribution in [0.3, 0.4) is 0 Å². The van der Waals surface area contributed by atoms with Crippen LogP contribution in [-0.4, -0.2) is 18.1 Å². The number of rotatable bonds is 6. The van der Waals surface area contributed by atoms with Crippen molar-refractivity contribution in [3.63, 3.8) is 0 Å². The van der Waals surface area contributed by atoms with E-state index in [-0.39, 0.29) is 11.9 Å². The number of aryl methyl sites for hydroxylation is 1. The van der Waals surface area contributed by atoms with Crippen LogP contribution in [0.25, 0.3) is 0 Å². The quantitative estimate of drug-likeness (QED) is 0.862. The minimum atomic E-state index is -0.500. The van der Waals surface area contributed by atoms with E-state index in [9.17, 15) is 4.79 Å².